The summed E-state index contributed by atoms with van der Waals surface area (Å²) in [4.78, 5) is 12.3. The van der Waals surface area contributed by atoms with Crippen molar-refractivity contribution >= 4 is 23.4 Å². The Hall–Kier alpha value is -1.36. The predicted molar refractivity (Wildman–Crippen MR) is 84.4 cm³/mol. The topological polar surface area (TPSA) is 64.3 Å². The van der Waals surface area contributed by atoms with Crippen LogP contribution >= 0.6 is 11.8 Å². The van der Waals surface area contributed by atoms with Crippen molar-refractivity contribution in [1.29, 1.82) is 0 Å². The monoisotopic (exact) mass is 294 g/mol. The number of amides is 1. The normalized spacial score (nSPS) is 22.3. The van der Waals surface area contributed by atoms with Gasteiger partial charge in [-0.15, -0.1) is 0 Å². The highest BCUT2D eigenvalue weighted by Crippen LogP contribution is 2.27. The highest BCUT2D eigenvalue weighted by atomic mass is 32.2. The van der Waals surface area contributed by atoms with Crippen LogP contribution in [0.15, 0.2) is 18.2 Å². The number of hydrogen-bond acceptors (Lipinski definition) is 4. The quantitative estimate of drug-likeness (QED) is 0.838. The van der Waals surface area contributed by atoms with Crippen molar-refractivity contribution in [3.05, 3.63) is 23.8 Å². The van der Waals surface area contributed by atoms with Crippen LogP contribution in [0.5, 0.6) is 5.75 Å². The van der Waals surface area contributed by atoms with Gasteiger partial charge in [-0.1, -0.05) is 6.42 Å². The maximum Gasteiger partial charge on any atom is 0.253 e. The summed E-state index contributed by atoms with van der Waals surface area (Å²) in [5, 5.41) is 3.75. The van der Waals surface area contributed by atoms with E-state index in [1.54, 1.807) is 25.3 Å². The number of methoxy groups -OCH3 is 1. The molecule has 5 heteroatoms. The number of thioether (sulfide) groups is 1. The molecule has 0 spiro atoms. The van der Waals surface area contributed by atoms with Crippen LogP contribution in [-0.2, 0) is 0 Å². The average molecular weight is 294 g/mol. The molecule has 1 aromatic rings. The summed E-state index contributed by atoms with van der Waals surface area (Å²) in [6.45, 7) is 0. The van der Waals surface area contributed by atoms with Gasteiger partial charge < -0.3 is 15.8 Å². The van der Waals surface area contributed by atoms with E-state index in [0.717, 1.165) is 12.8 Å². The molecule has 2 unspecified atom stereocenters. The largest absolute Gasteiger partial charge is 0.497 e. The summed E-state index contributed by atoms with van der Waals surface area (Å²) in [7, 11) is 1.58. The van der Waals surface area contributed by atoms with Crippen molar-refractivity contribution in [1.82, 2.24) is 5.32 Å². The molecule has 0 heterocycles. The lowest BCUT2D eigenvalue weighted by Gasteiger charge is -2.28. The van der Waals surface area contributed by atoms with Crippen LogP contribution in [0.25, 0.3) is 0 Å². The molecule has 0 saturated heterocycles. The molecular formula is C15H22N2O2S. The van der Waals surface area contributed by atoms with Gasteiger partial charge in [0.15, 0.2) is 0 Å². The van der Waals surface area contributed by atoms with Crippen molar-refractivity contribution in [2.45, 2.75) is 37.0 Å². The Labute approximate surface area is 124 Å². The fourth-order valence-electron chi connectivity index (χ4n) is 2.61. The molecule has 0 aromatic heterocycles. The lowest BCUT2D eigenvalue weighted by molar-refractivity contribution is 0.0929. The SMILES string of the molecule is COc1ccc(N)c(C(=O)NC2CCCC(SC)C2)c1. The molecule has 20 heavy (non-hydrogen) atoms. The highest BCUT2D eigenvalue weighted by molar-refractivity contribution is 7.99. The van der Waals surface area contributed by atoms with Crippen LogP contribution in [0, 0.1) is 0 Å². The van der Waals surface area contributed by atoms with E-state index < -0.39 is 0 Å². The maximum absolute atomic E-state index is 12.3. The number of rotatable bonds is 4. The van der Waals surface area contributed by atoms with Crippen molar-refractivity contribution in [3.8, 4) is 5.75 Å². The molecule has 0 bridgehead atoms. The molecule has 1 amide bonds. The lowest BCUT2D eigenvalue weighted by atomic mass is 9.94. The first-order valence-corrected chi connectivity index (χ1v) is 8.20. The zero-order valence-corrected chi connectivity index (χ0v) is 12.8. The van der Waals surface area contributed by atoms with E-state index in [0.29, 0.717) is 22.3 Å². The van der Waals surface area contributed by atoms with Crippen LogP contribution < -0.4 is 15.8 Å². The van der Waals surface area contributed by atoms with E-state index in [4.69, 9.17) is 10.5 Å². The fourth-order valence-corrected chi connectivity index (χ4v) is 3.44. The van der Waals surface area contributed by atoms with Gasteiger partial charge in [0.25, 0.3) is 5.91 Å². The minimum absolute atomic E-state index is 0.104. The molecule has 0 radical (unpaired) electrons. The zero-order valence-electron chi connectivity index (χ0n) is 12.0. The average Bonchev–Trinajstić information content (AvgIpc) is 2.47. The summed E-state index contributed by atoms with van der Waals surface area (Å²) in [6, 6.07) is 5.41. The second kappa shape index (κ2) is 6.88. The molecule has 0 aliphatic heterocycles. The van der Waals surface area contributed by atoms with Gasteiger partial charge in [0, 0.05) is 17.0 Å². The van der Waals surface area contributed by atoms with Crippen molar-refractivity contribution in [3.63, 3.8) is 0 Å². The van der Waals surface area contributed by atoms with Gasteiger partial charge >= 0.3 is 0 Å². The third kappa shape index (κ3) is 3.60. The van der Waals surface area contributed by atoms with Crippen molar-refractivity contribution < 1.29 is 9.53 Å². The Kier molecular flexibility index (Phi) is 5.17. The molecule has 1 fully saturated rings. The molecule has 3 N–H and O–H groups in total. The first-order valence-electron chi connectivity index (χ1n) is 6.91. The van der Waals surface area contributed by atoms with Crippen LogP contribution in [-0.4, -0.2) is 30.6 Å². The van der Waals surface area contributed by atoms with Crippen molar-refractivity contribution in [2.24, 2.45) is 0 Å². The van der Waals surface area contributed by atoms with E-state index in [9.17, 15) is 4.79 Å². The number of nitrogen functional groups attached to an aromatic ring is 1. The molecule has 1 aliphatic carbocycles. The third-order valence-corrected chi connectivity index (χ3v) is 4.89. The van der Waals surface area contributed by atoms with Gasteiger partial charge in [-0.25, -0.2) is 0 Å². The van der Waals surface area contributed by atoms with Gasteiger partial charge in [-0.3, -0.25) is 4.79 Å². The van der Waals surface area contributed by atoms with Gasteiger partial charge in [0.1, 0.15) is 5.75 Å². The third-order valence-electron chi connectivity index (χ3n) is 3.80. The number of nitrogens with one attached hydrogen (secondary N) is 1. The summed E-state index contributed by atoms with van der Waals surface area (Å²) in [6.07, 6.45) is 6.64. The minimum Gasteiger partial charge on any atom is -0.497 e. The minimum atomic E-state index is -0.104. The molecule has 1 saturated carbocycles. The zero-order chi connectivity index (χ0) is 14.5. The van der Waals surface area contributed by atoms with Crippen LogP contribution in [0.3, 0.4) is 0 Å². The first-order chi connectivity index (χ1) is 9.63. The van der Waals surface area contributed by atoms with E-state index in [1.165, 1.54) is 12.8 Å². The Balaban J connectivity index is 2.04. The van der Waals surface area contributed by atoms with Gasteiger partial charge in [-0.05, 0) is 43.7 Å². The number of ether oxygens (including phenoxy) is 1. The lowest BCUT2D eigenvalue weighted by Crippen LogP contribution is -2.39. The summed E-state index contributed by atoms with van der Waals surface area (Å²) in [5.41, 5.74) is 6.87. The van der Waals surface area contributed by atoms with E-state index in [1.807, 2.05) is 11.8 Å². The van der Waals surface area contributed by atoms with Gasteiger partial charge in [-0.2, -0.15) is 11.8 Å². The van der Waals surface area contributed by atoms with Gasteiger partial charge in [0.05, 0.1) is 12.7 Å². The summed E-state index contributed by atoms with van der Waals surface area (Å²) < 4.78 is 5.15. The van der Waals surface area contributed by atoms with Crippen LogP contribution in [0.1, 0.15) is 36.0 Å². The second-order valence-electron chi connectivity index (χ2n) is 5.15. The van der Waals surface area contributed by atoms with Crippen LogP contribution in [0.2, 0.25) is 0 Å². The number of carbonyl (C=O) groups is 1. The summed E-state index contributed by atoms with van der Waals surface area (Å²) in [5.74, 6) is 0.545. The standard InChI is InChI=1S/C15H22N2O2S/c1-19-11-6-7-14(16)13(9-11)15(18)17-10-4-3-5-12(8-10)20-2/h6-7,9-10,12H,3-5,8,16H2,1-2H3,(H,17,18). The molecule has 110 valence electrons. The van der Waals surface area contributed by atoms with E-state index >= 15 is 0 Å². The van der Waals surface area contributed by atoms with Crippen LogP contribution in [0.4, 0.5) is 5.69 Å². The van der Waals surface area contributed by atoms with E-state index in [-0.39, 0.29) is 11.9 Å². The number of anilines is 1. The fraction of sp³-hybridized carbons (Fsp3) is 0.533. The van der Waals surface area contributed by atoms with Gasteiger partial charge in [0.2, 0.25) is 0 Å². The number of carbonyl (C=O) groups excluding carboxylic acids is 1. The first kappa shape index (κ1) is 15.0. The van der Waals surface area contributed by atoms with E-state index in [2.05, 4.69) is 11.6 Å². The molecule has 1 aromatic carbocycles. The number of hydrogen-bond donors (Lipinski definition) is 2. The number of benzene rings is 1. The Morgan fingerprint density at radius 3 is 2.95 bits per heavy atom. The maximum atomic E-state index is 12.3. The Bertz CT molecular complexity index is 479. The molecule has 2 atom stereocenters. The summed E-state index contributed by atoms with van der Waals surface area (Å²) >= 11 is 1.89. The smallest absolute Gasteiger partial charge is 0.253 e. The Morgan fingerprint density at radius 2 is 2.25 bits per heavy atom. The second-order valence-corrected chi connectivity index (χ2v) is 6.29. The molecule has 2 rings (SSSR count). The Morgan fingerprint density at radius 1 is 1.45 bits per heavy atom. The predicted octanol–water partition coefficient (Wildman–Crippen LogP) is 2.68. The number of nitrogens with two attached hydrogens (primary N) is 1. The molecule has 1 aliphatic rings. The highest BCUT2D eigenvalue weighted by Gasteiger charge is 2.23. The molecular weight excluding hydrogens is 272 g/mol. The van der Waals surface area contributed by atoms with Crippen molar-refractivity contribution in [2.75, 3.05) is 19.1 Å². The molecule has 4 nitrogen and oxygen atoms in total.